The minimum Gasteiger partial charge on any atom is -0.427 e. The summed E-state index contributed by atoms with van der Waals surface area (Å²) in [7, 11) is 0. The number of esters is 1. The van der Waals surface area contributed by atoms with Gasteiger partial charge in [-0.15, -0.1) is 0 Å². The number of benzene rings is 3. The molecule has 0 radical (unpaired) electrons. The summed E-state index contributed by atoms with van der Waals surface area (Å²) in [4.78, 5) is 22.2. The van der Waals surface area contributed by atoms with Gasteiger partial charge in [-0.1, -0.05) is 101 Å². The summed E-state index contributed by atoms with van der Waals surface area (Å²) in [6.07, 6.45) is 11.5. The molecule has 0 aliphatic heterocycles. The van der Waals surface area contributed by atoms with Crippen LogP contribution in [-0.2, 0) is 4.79 Å². The van der Waals surface area contributed by atoms with Crippen molar-refractivity contribution in [3.05, 3.63) is 78.9 Å². The lowest BCUT2D eigenvalue weighted by Crippen LogP contribution is -2.07. The van der Waals surface area contributed by atoms with Gasteiger partial charge in [0.2, 0.25) is 0 Å². The van der Waals surface area contributed by atoms with Crippen molar-refractivity contribution in [2.24, 2.45) is 0 Å². The highest BCUT2D eigenvalue weighted by atomic mass is 16.5. The van der Waals surface area contributed by atoms with Crippen molar-refractivity contribution in [1.82, 2.24) is 9.97 Å². The number of nitrogens with zero attached hydrogens (tertiary/aromatic N) is 2. The Kier molecular flexibility index (Phi) is 9.61. The molecule has 4 aromatic rings. The van der Waals surface area contributed by atoms with Gasteiger partial charge in [-0.05, 0) is 42.8 Å². The largest absolute Gasteiger partial charge is 0.427 e. The molecule has 0 unspecified atom stereocenters. The van der Waals surface area contributed by atoms with Gasteiger partial charge in [0, 0.05) is 17.5 Å². The molecule has 4 rings (SSSR count). The van der Waals surface area contributed by atoms with Crippen molar-refractivity contribution >= 4 is 17.0 Å². The zero-order valence-corrected chi connectivity index (χ0v) is 21.3. The Morgan fingerprint density at radius 2 is 1.11 bits per heavy atom. The van der Waals surface area contributed by atoms with E-state index in [1.807, 2.05) is 78.9 Å². The third kappa shape index (κ3) is 7.24. The Morgan fingerprint density at radius 3 is 1.69 bits per heavy atom. The predicted octanol–water partition coefficient (Wildman–Crippen LogP) is 8.79. The molecule has 3 aromatic carbocycles. The highest BCUT2D eigenvalue weighted by molar-refractivity contribution is 5.86. The highest BCUT2D eigenvalue weighted by Gasteiger charge is 2.14. The van der Waals surface area contributed by atoms with Crippen molar-refractivity contribution in [3.8, 4) is 28.3 Å². The molecular formula is C32H36N2O2. The first-order valence-corrected chi connectivity index (χ1v) is 13.4. The molecule has 0 saturated heterocycles. The quantitative estimate of drug-likeness (QED) is 0.109. The predicted molar refractivity (Wildman–Crippen MR) is 148 cm³/mol. The lowest BCUT2D eigenvalue weighted by Gasteiger charge is -2.11. The van der Waals surface area contributed by atoms with Gasteiger partial charge >= 0.3 is 5.97 Å². The van der Waals surface area contributed by atoms with Crippen LogP contribution in [0.2, 0.25) is 0 Å². The van der Waals surface area contributed by atoms with Crippen LogP contribution in [0.5, 0.6) is 5.75 Å². The van der Waals surface area contributed by atoms with E-state index in [4.69, 9.17) is 14.7 Å². The van der Waals surface area contributed by atoms with Crippen LogP contribution in [0.4, 0.5) is 0 Å². The molecule has 1 aromatic heterocycles. The lowest BCUT2D eigenvalue weighted by atomic mass is 10.0. The van der Waals surface area contributed by atoms with Gasteiger partial charge in [0.25, 0.3) is 0 Å². The van der Waals surface area contributed by atoms with E-state index < -0.39 is 0 Å². The fraction of sp³-hybridized carbons (Fsp3) is 0.344. The molecule has 0 aliphatic carbocycles. The van der Waals surface area contributed by atoms with E-state index >= 15 is 0 Å². The van der Waals surface area contributed by atoms with Gasteiger partial charge in [-0.3, -0.25) is 4.79 Å². The Labute approximate surface area is 214 Å². The second-order valence-electron chi connectivity index (χ2n) is 9.35. The molecule has 4 heteroatoms. The monoisotopic (exact) mass is 480 g/mol. The van der Waals surface area contributed by atoms with Gasteiger partial charge in [0.15, 0.2) is 0 Å². The van der Waals surface area contributed by atoms with E-state index in [0.29, 0.717) is 12.2 Å². The van der Waals surface area contributed by atoms with Gasteiger partial charge in [-0.2, -0.15) is 0 Å². The summed E-state index contributed by atoms with van der Waals surface area (Å²) in [5, 5.41) is 0. The van der Waals surface area contributed by atoms with Crippen molar-refractivity contribution < 1.29 is 9.53 Å². The van der Waals surface area contributed by atoms with Gasteiger partial charge < -0.3 is 4.74 Å². The molecule has 0 amide bonds. The number of fused-ring (bicyclic) bond motifs is 1. The van der Waals surface area contributed by atoms with E-state index in [2.05, 4.69) is 6.92 Å². The molecule has 0 aliphatic rings. The summed E-state index contributed by atoms with van der Waals surface area (Å²) in [6, 6.07) is 25.6. The maximum atomic E-state index is 12.3. The van der Waals surface area contributed by atoms with E-state index in [1.54, 1.807) is 0 Å². The van der Waals surface area contributed by atoms with Crippen molar-refractivity contribution in [3.63, 3.8) is 0 Å². The highest BCUT2D eigenvalue weighted by Crippen LogP contribution is 2.31. The molecule has 0 spiro atoms. The molecular weight excluding hydrogens is 444 g/mol. The zero-order chi connectivity index (χ0) is 25.0. The molecule has 0 saturated carbocycles. The van der Waals surface area contributed by atoms with Crippen LogP contribution in [-0.4, -0.2) is 15.9 Å². The number of unbranched alkanes of at least 4 members (excludes halogenated alkanes) is 8. The number of rotatable bonds is 13. The number of hydrogen-bond acceptors (Lipinski definition) is 4. The molecule has 0 N–H and O–H groups in total. The molecule has 186 valence electrons. The van der Waals surface area contributed by atoms with Crippen LogP contribution in [0, 0.1) is 0 Å². The molecule has 0 bridgehead atoms. The molecule has 4 nitrogen and oxygen atoms in total. The van der Waals surface area contributed by atoms with E-state index in [0.717, 1.165) is 46.4 Å². The number of hydrogen-bond donors (Lipinski definition) is 0. The number of aromatic nitrogens is 2. The Hall–Kier alpha value is -3.53. The van der Waals surface area contributed by atoms with Crippen molar-refractivity contribution in [2.75, 3.05) is 0 Å². The maximum Gasteiger partial charge on any atom is 0.311 e. The Morgan fingerprint density at radius 1 is 0.611 bits per heavy atom. The number of carbonyl (C=O) groups excluding carboxylic acids is 1. The molecule has 36 heavy (non-hydrogen) atoms. The average molecular weight is 481 g/mol. The first kappa shape index (κ1) is 25.6. The fourth-order valence-electron chi connectivity index (χ4n) is 4.44. The second-order valence-corrected chi connectivity index (χ2v) is 9.35. The normalized spacial score (nSPS) is 11.0. The standard InChI is InChI=1S/C32H36N2O2/c1-2-3-4-5-6-7-8-9-13-20-30(35)36-27-23-21-26(22-24-27)32-31(25-16-11-10-12-17-25)33-28-18-14-15-19-29(28)34-32/h10-12,14-19,21-24H,2-9,13,20H2,1H3. The molecule has 0 atom stereocenters. The van der Waals surface area contributed by atoms with Crippen LogP contribution in [0.15, 0.2) is 78.9 Å². The second kappa shape index (κ2) is 13.5. The summed E-state index contributed by atoms with van der Waals surface area (Å²) in [5.41, 5.74) is 5.32. The summed E-state index contributed by atoms with van der Waals surface area (Å²) in [5.74, 6) is 0.399. The Balaban J connectivity index is 1.35. The topological polar surface area (TPSA) is 52.1 Å². The van der Waals surface area contributed by atoms with E-state index in [1.165, 1.54) is 44.9 Å². The van der Waals surface area contributed by atoms with Gasteiger partial charge in [0.05, 0.1) is 22.4 Å². The fourth-order valence-corrected chi connectivity index (χ4v) is 4.44. The third-order valence-electron chi connectivity index (χ3n) is 6.46. The summed E-state index contributed by atoms with van der Waals surface area (Å²) >= 11 is 0. The van der Waals surface area contributed by atoms with Gasteiger partial charge in [-0.25, -0.2) is 9.97 Å². The van der Waals surface area contributed by atoms with Crippen molar-refractivity contribution in [2.45, 2.75) is 71.1 Å². The first-order chi connectivity index (χ1) is 17.7. The average Bonchev–Trinajstić information content (AvgIpc) is 2.92. The van der Waals surface area contributed by atoms with E-state index in [9.17, 15) is 4.79 Å². The molecule has 1 heterocycles. The Bertz CT molecular complexity index is 1240. The van der Waals surface area contributed by atoms with Gasteiger partial charge in [0.1, 0.15) is 5.75 Å². The smallest absolute Gasteiger partial charge is 0.311 e. The van der Waals surface area contributed by atoms with Crippen LogP contribution < -0.4 is 4.74 Å². The number of carbonyl (C=O) groups is 1. The minimum atomic E-state index is -0.166. The van der Waals surface area contributed by atoms with Crippen LogP contribution in [0.25, 0.3) is 33.5 Å². The summed E-state index contributed by atoms with van der Waals surface area (Å²) in [6.45, 7) is 2.24. The molecule has 0 fully saturated rings. The maximum absolute atomic E-state index is 12.3. The number of ether oxygens (including phenoxy) is 1. The zero-order valence-electron chi connectivity index (χ0n) is 21.3. The van der Waals surface area contributed by atoms with Crippen LogP contribution >= 0.6 is 0 Å². The number of para-hydroxylation sites is 2. The summed E-state index contributed by atoms with van der Waals surface area (Å²) < 4.78 is 5.59. The van der Waals surface area contributed by atoms with E-state index in [-0.39, 0.29) is 5.97 Å². The van der Waals surface area contributed by atoms with Crippen molar-refractivity contribution in [1.29, 1.82) is 0 Å². The van der Waals surface area contributed by atoms with Crippen LogP contribution in [0.1, 0.15) is 71.1 Å². The van der Waals surface area contributed by atoms with Crippen LogP contribution in [0.3, 0.4) is 0 Å². The SMILES string of the molecule is CCCCCCCCCCCC(=O)Oc1ccc(-c2nc3ccccc3nc2-c2ccccc2)cc1. The minimum absolute atomic E-state index is 0.166. The lowest BCUT2D eigenvalue weighted by molar-refractivity contribution is -0.134. The first-order valence-electron chi connectivity index (χ1n) is 13.4. The third-order valence-corrected chi connectivity index (χ3v) is 6.46.